The fraction of sp³-hybridized carbons (Fsp3) is 0.909. The molecule has 0 amide bonds. The van der Waals surface area contributed by atoms with Crippen molar-refractivity contribution in [2.24, 2.45) is 0 Å². The molecule has 184 valence electrons. The van der Waals surface area contributed by atoms with Gasteiger partial charge in [-0.25, -0.2) is 0 Å². The first kappa shape index (κ1) is 30.6. The Kier molecular flexibility index (Phi) is 12.0. The number of hydrogen-bond donors (Lipinski definition) is 1. The van der Waals surface area contributed by atoms with Crippen molar-refractivity contribution >= 4 is 36.6 Å². The largest absolute Gasteiger partial charge is 0.518 e. The molecule has 0 spiro atoms. The number of carbonyl (C=O) groups is 2. The molecule has 6 nitrogen and oxygen atoms in total. The summed E-state index contributed by atoms with van der Waals surface area (Å²) in [6.07, 6.45) is -0.410. The first-order valence-electron chi connectivity index (χ1n) is 11.7. The maximum absolute atomic E-state index is 13.1. The Labute approximate surface area is 193 Å². The van der Waals surface area contributed by atoms with Crippen LogP contribution in [0, 0.1) is 0 Å². The lowest BCUT2D eigenvalue weighted by Crippen LogP contribution is -2.51. The Balaban J connectivity index is 5.85. The molecule has 2 unspecified atom stereocenters. The summed E-state index contributed by atoms with van der Waals surface area (Å²) >= 11 is 0. The molecule has 9 heteroatoms. The third-order valence-corrected chi connectivity index (χ3v) is 19.9. The number of hydrogen-bond acceptors (Lipinski definition) is 5. The quantitative estimate of drug-likeness (QED) is 0.241. The van der Waals surface area contributed by atoms with E-state index in [1.807, 2.05) is 41.5 Å². The predicted molar refractivity (Wildman–Crippen MR) is 134 cm³/mol. The van der Waals surface area contributed by atoms with E-state index in [9.17, 15) is 19.0 Å². The molecule has 0 radical (unpaired) electrons. The summed E-state index contributed by atoms with van der Waals surface area (Å²) in [7, 11) is -8.39. The van der Waals surface area contributed by atoms with Crippen LogP contribution in [0.1, 0.15) is 89.5 Å². The minimum Gasteiger partial charge on any atom is -0.518 e. The van der Waals surface area contributed by atoms with Crippen molar-refractivity contribution in [3.05, 3.63) is 0 Å². The molecular formula is C22H47O6PSi2. The maximum atomic E-state index is 13.1. The third-order valence-electron chi connectivity index (χ3n) is 6.94. The lowest BCUT2D eigenvalue weighted by molar-refractivity contribution is -0.141. The van der Waals surface area contributed by atoms with Gasteiger partial charge in [0.05, 0.1) is 6.42 Å². The van der Waals surface area contributed by atoms with E-state index >= 15 is 0 Å². The van der Waals surface area contributed by atoms with Crippen molar-refractivity contribution in [1.29, 1.82) is 0 Å². The third kappa shape index (κ3) is 6.78. The average molecular weight is 495 g/mol. The van der Waals surface area contributed by atoms with Crippen molar-refractivity contribution in [2.45, 2.75) is 128 Å². The second-order valence-electron chi connectivity index (χ2n) is 10.6. The topological polar surface area (TPSA) is 89.9 Å². The van der Waals surface area contributed by atoms with Gasteiger partial charge in [0.15, 0.2) is 0 Å². The molecule has 0 aromatic rings. The first-order chi connectivity index (χ1) is 14.0. The molecule has 0 aliphatic carbocycles. The lowest BCUT2D eigenvalue weighted by Gasteiger charge is -2.42. The van der Waals surface area contributed by atoms with Gasteiger partial charge in [-0.2, -0.15) is 0 Å². The molecule has 0 saturated heterocycles. The van der Waals surface area contributed by atoms with Crippen molar-refractivity contribution < 1.29 is 27.9 Å². The normalized spacial score (nSPS) is 15.3. The Morgan fingerprint density at radius 2 is 0.968 bits per heavy atom. The highest BCUT2D eigenvalue weighted by atomic mass is 31.1. The standard InChI is InChI=1S/C22H47O6PSi2/c1-14(2)30(15(3)4,16(5)6)27-21(23)13-20(29(25)26)22(24)28-31(17(7)8,18(9)10)19(11)12/h14-20,29H,13H2,1-12H3,(H,25,26). The maximum Gasteiger partial charge on any atom is 0.305 e. The van der Waals surface area contributed by atoms with Crippen LogP contribution >= 0.6 is 8.03 Å². The Bertz CT molecular complexity index is 588. The molecule has 0 aliphatic rings. The van der Waals surface area contributed by atoms with Crippen LogP contribution in [0.3, 0.4) is 0 Å². The van der Waals surface area contributed by atoms with Crippen LogP contribution in [0.25, 0.3) is 0 Å². The van der Waals surface area contributed by atoms with Crippen LogP contribution in [0.4, 0.5) is 0 Å². The molecule has 0 heterocycles. The van der Waals surface area contributed by atoms with E-state index in [0.29, 0.717) is 0 Å². The van der Waals surface area contributed by atoms with Gasteiger partial charge in [-0.05, 0) is 33.2 Å². The fourth-order valence-corrected chi connectivity index (χ4v) is 16.7. The van der Waals surface area contributed by atoms with E-state index in [2.05, 4.69) is 41.5 Å². The molecular weight excluding hydrogens is 447 g/mol. The van der Waals surface area contributed by atoms with Crippen molar-refractivity contribution in [1.82, 2.24) is 0 Å². The second-order valence-corrected chi connectivity index (χ2v) is 22.7. The summed E-state index contributed by atoms with van der Waals surface area (Å²) in [4.78, 5) is 36.0. The highest BCUT2D eigenvalue weighted by Crippen LogP contribution is 2.45. The van der Waals surface area contributed by atoms with Crippen molar-refractivity contribution in [2.75, 3.05) is 0 Å². The molecule has 0 saturated carbocycles. The smallest absolute Gasteiger partial charge is 0.305 e. The van der Waals surface area contributed by atoms with E-state index in [1.165, 1.54) is 0 Å². The monoisotopic (exact) mass is 494 g/mol. The Hall–Kier alpha value is -0.436. The average Bonchev–Trinajstić information content (AvgIpc) is 2.59. The van der Waals surface area contributed by atoms with Gasteiger partial charge in [0.25, 0.3) is 22.6 Å². The van der Waals surface area contributed by atoms with Crippen LogP contribution in [0.2, 0.25) is 33.2 Å². The predicted octanol–water partition coefficient (Wildman–Crippen LogP) is 6.65. The zero-order valence-corrected chi connectivity index (χ0v) is 24.7. The molecule has 0 aromatic carbocycles. The summed E-state index contributed by atoms with van der Waals surface area (Å²) in [5, 5.41) is 0. The molecule has 0 bridgehead atoms. The molecule has 0 aliphatic heterocycles. The number of carbonyl (C=O) groups excluding carboxylic acids is 2. The first-order valence-corrected chi connectivity index (χ1v) is 17.4. The highest BCUT2D eigenvalue weighted by Gasteiger charge is 2.51. The van der Waals surface area contributed by atoms with Crippen LogP contribution in [-0.4, -0.2) is 39.1 Å². The van der Waals surface area contributed by atoms with Crippen LogP contribution < -0.4 is 0 Å². The van der Waals surface area contributed by atoms with Gasteiger partial charge in [0.1, 0.15) is 5.66 Å². The Morgan fingerprint density at radius 1 is 0.677 bits per heavy atom. The van der Waals surface area contributed by atoms with Gasteiger partial charge >= 0.3 is 5.97 Å². The zero-order chi connectivity index (χ0) is 24.9. The van der Waals surface area contributed by atoms with Gasteiger partial charge in [0, 0.05) is 0 Å². The molecule has 2 atom stereocenters. The van der Waals surface area contributed by atoms with Gasteiger partial charge in [-0.15, -0.1) is 0 Å². The van der Waals surface area contributed by atoms with Gasteiger partial charge < -0.3 is 13.7 Å². The van der Waals surface area contributed by atoms with Crippen LogP contribution in [-0.2, 0) is 23.0 Å². The summed E-state index contributed by atoms with van der Waals surface area (Å²) in [6, 6.07) is 0. The van der Waals surface area contributed by atoms with E-state index in [4.69, 9.17) is 8.85 Å². The van der Waals surface area contributed by atoms with E-state index in [0.717, 1.165) is 0 Å². The van der Waals surface area contributed by atoms with Gasteiger partial charge in [-0.1, -0.05) is 83.1 Å². The lowest BCUT2D eigenvalue weighted by atomic mass is 10.3. The molecule has 31 heavy (non-hydrogen) atoms. The Morgan fingerprint density at radius 3 is 1.23 bits per heavy atom. The van der Waals surface area contributed by atoms with Crippen LogP contribution in [0.5, 0.6) is 0 Å². The van der Waals surface area contributed by atoms with Crippen molar-refractivity contribution in [3.63, 3.8) is 0 Å². The van der Waals surface area contributed by atoms with Gasteiger partial charge in [0.2, 0.25) is 8.03 Å². The SMILES string of the molecule is CC(C)[Si](OC(=O)CC(C(=O)O[Si](C(C)C)(C(C)C)C(C)C)[PH](=O)O)(C(C)C)C(C)C. The van der Waals surface area contributed by atoms with E-state index < -0.39 is 48.7 Å². The summed E-state index contributed by atoms with van der Waals surface area (Å²) in [6.45, 7) is 24.6. The second kappa shape index (κ2) is 12.1. The summed E-state index contributed by atoms with van der Waals surface area (Å²) in [5.41, 5.74) is -0.352. The van der Waals surface area contributed by atoms with Gasteiger partial charge in [-0.3, -0.25) is 14.2 Å². The summed E-state index contributed by atoms with van der Waals surface area (Å²) < 4.78 is 24.3. The van der Waals surface area contributed by atoms with Crippen molar-refractivity contribution in [3.8, 4) is 0 Å². The number of rotatable bonds is 12. The minimum absolute atomic E-state index is 0.146. The summed E-state index contributed by atoms with van der Waals surface area (Å²) in [5.74, 6) is -1.29. The van der Waals surface area contributed by atoms with Crippen LogP contribution in [0.15, 0.2) is 0 Å². The highest BCUT2D eigenvalue weighted by molar-refractivity contribution is 7.40. The fourth-order valence-electron chi connectivity index (χ4n) is 5.63. The molecule has 0 fully saturated rings. The van der Waals surface area contributed by atoms with E-state index in [1.54, 1.807) is 0 Å². The molecule has 0 rings (SSSR count). The molecule has 1 N–H and O–H groups in total. The minimum atomic E-state index is -3.32. The zero-order valence-electron chi connectivity index (χ0n) is 21.7. The molecule has 0 aromatic heterocycles. The van der Waals surface area contributed by atoms with E-state index in [-0.39, 0.29) is 33.2 Å².